The van der Waals surface area contributed by atoms with E-state index in [9.17, 15) is 19.0 Å². The van der Waals surface area contributed by atoms with E-state index in [0.717, 1.165) is 17.9 Å². The highest BCUT2D eigenvalue weighted by Gasteiger charge is 2.50. The topological polar surface area (TPSA) is 255 Å². The van der Waals surface area contributed by atoms with E-state index in [4.69, 9.17) is 34.9 Å². The smallest absolute Gasteiger partial charge is 0.351 e. The molecule has 246 valence electrons. The predicted octanol–water partition coefficient (Wildman–Crippen LogP) is -1.34. The Kier molecular flexibility index (Phi) is 9.75. The summed E-state index contributed by atoms with van der Waals surface area (Å²) < 4.78 is 62.3. The number of hydrogen-bond donors (Lipinski definition) is 3. The number of imidazole rings is 1. The Bertz CT molecular complexity index is 1630. The van der Waals surface area contributed by atoms with Crippen molar-refractivity contribution in [2.45, 2.75) is 49.5 Å². The quantitative estimate of drug-likeness (QED) is 0.191. The van der Waals surface area contributed by atoms with E-state index in [1.807, 2.05) is 0 Å². The van der Waals surface area contributed by atoms with Crippen LogP contribution in [0.3, 0.4) is 0 Å². The van der Waals surface area contributed by atoms with Crippen LogP contribution in [0, 0.1) is 5.92 Å². The Morgan fingerprint density at radius 3 is 2.58 bits per heavy atom. The first-order valence-corrected chi connectivity index (χ1v) is 15.0. The average Bonchev–Trinajstić information content (AvgIpc) is 3.67. The van der Waals surface area contributed by atoms with Gasteiger partial charge in [0.1, 0.15) is 36.0 Å². The van der Waals surface area contributed by atoms with Gasteiger partial charge in [0.15, 0.2) is 30.1 Å². The maximum atomic E-state index is 15.6. The van der Waals surface area contributed by atoms with Crippen molar-refractivity contribution in [2.24, 2.45) is 5.92 Å². The molecule has 0 saturated carbocycles. The number of phosphoric ester groups is 1. The van der Waals surface area contributed by atoms with Gasteiger partial charge >= 0.3 is 5.69 Å². The summed E-state index contributed by atoms with van der Waals surface area (Å²) in [6.07, 6.45) is -5.23. The summed E-state index contributed by atoms with van der Waals surface area (Å²) in [4.78, 5) is 53.7. The summed E-state index contributed by atoms with van der Waals surface area (Å²) in [7, 11) is -1.18. The Balaban J connectivity index is 1.32. The molecule has 21 heteroatoms. The number of hydrogen-bond acceptors (Lipinski definition) is 16. The molecule has 1 unspecified atom stereocenters. The molecule has 5 heterocycles. The Hall–Kier alpha value is -3.62. The maximum Gasteiger partial charge on any atom is 0.351 e. The number of nitrogens with zero attached hydrogens (tertiary/aromatic N) is 6. The minimum Gasteiger partial charge on any atom is -0.756 e. The van der Waals surface area contributed by atoms with Gasteiger partial charge in [0, 0.05) is 46.4 Å². The van der Waals surface area contributed by atoms with E-state index >= 15 is 4.39 Å². The molecule has 2 aliphatic heterocycles. The van der Waals surface area contributed by atoms with Crippen molar-refractivity contribution in [3.05, 3.63) is 35.4 Å². The van der Waals surface area contributed by atoms with Crippen LogP contribution < -0.4 is 27.4 Å². The third kappa shape index (κ3) is 6.68. The fourth-order valence-electron chi connectivity index (χ4n) is 5.45. The lowest BCUT2D eigenvalue weighted by Gasteiger charge is -2.28. The number of anilines is 2. The molecule has 0 aliphatic carbocycles. The molecule has 2 saturated heterocycles. The molecule has 45 heavy (non-hydrogen) atoms. The first kappa shape index (κ1) is 32.8. The van der Waals surface area contributed by atoms with Gasteiger partial charge in [0.25, 0.3) is 7.82 Å². The Labute approximate surface area is 254 Å². The van der Waals surface area contributed by atoms with E-state index in [1.165, 1.54) is 32.9 Å². The summed E-state index contributed by atoms with van der Waals surface area (Å²) in [5.41, 5.74) is 11.3. The van der Waals surface area contributed by atoms with E-state index in [1.54, 1.807) is 4.57 Å². The maximum absolute atomic E-state index is 15.6. The summed E-state index contributed by atoms with van der Waals surface area (Å²) in [5, 5.41) is 2.62. The highest BCUT2D eigenvalue weighted by atomic mass is 31.2. The third-order valence-electron chi connectivity index (χ3n) is 7.55. The number of fused-ring (bicyclic) bond motifs is 1. The average molecular weight is 657 g/mol. The van der Waals surface area contributed by atoms with Crippen molar-refractivity contribution in [3.63, 3.8) is 0 Å². The number of nitrogens with two attached hydrogens (primary N) is 2. The number of rotatable bonds is 12. The van der Waals surface area contributed by atoms with Gasteiger partial charge in [-0.15, -0.1) is 0 Å². The standard InChI is InChI=1S/C24H33FN9O10P/c1-39-8-13-11(18(40-2)23(43-13)34-10-31-17-20(27)29-9-30-21(17)34)6-15(35)28-7-12-19(44-45(37,38)41-3)16(25)22(42-12)33-5-4-14(26)32-24(33)36/h4-5,9-13,16,18-19,22-23H,6-8H2,1-3H3,(H,28,35)(H,37,38)(H2,26,32,36)(H2,27,29,30)/p-1/t11-,12-,13-,16-,18-,19-,22-,23-/m1/s1. The highest BCUT2D eigenvalue weighted by molar-refractivity contribution is 7.45. The number of nitrogens with one attached hydrogen (secondary N) is 1. The summed E-state index contributed by atoms with van der Waals surface area (Å²) in [5.74, 6) is -1.01. The molecule has 9 atom stereocenters. The van der Waals surface area contributed by atoms with Crippen LogP contribution in [0.4, 0.5) is 16.0 Å². The van der Waals surface area contributed by atoms with Crippen LogP contribution in [-0.2, 0) is 37.4 Å². The molecule has 3 aromatic rings. The first-order valence-electron chi connectivity index (χ1n) is 13.5. The van der Waals surface area contributed by atoms with Gasteiger partial charge in [-0.3, -0.25) is 18.5 Å². The van der Waals surface area contributed by atoms with Gasteiger partial charge in [-0.1, -0.05) is 0 Å². The molecule has 0 radical (unpaired) electrons. The van der Waals surface area contributed by atoms with Gasteiger partial charge in [-0.05, 0) is 6.07 Å². The molecule has 2 aliphatic rings. The fraction of sp³-hybridized carbons (Fsp3) is 0.583. The van der Waals surface area contributed by atoms with Gasteiger partial charge in [-0.2, -0.15) is 4.98 Å². The SMILES string of the molecule is COC[C@H]1O[C@@H](n2cnc3c(N)ncnc32)[C@H](OC)[C@@H]1CC(=O)NC[C@H]1O[C@@H](n2ccc(N)nc2=O)[C@H](F)[C@@H]1OP(=O)([O-])OC. The zero-order valence-electron chi connectivity index (χ0n) is 24.3. The van der Waals surface area contributed by atoms with E-state index < -0.39 is 74.9 Å². The third-order valence-corrected chi connectivity index (χ3v) is 8.50. The summed E-state index contributed by atoms with van der Waals surface area (Å²) in [6.45, 7) is -0.279. The number of amides is 1. The Morgan fingerprint density at radius 2 is 1.89 bits per heavy atom. The number of nitrogen functional groups attached to an aromatic ring is 2. The predicted molar refractivity (Wildman–Crippen MR) is 149 cm³/mol. The van der Waals surface area contributed by atoms with Crippen LogP contribution in [0.15, 0.2) is 29.7 Å². The number of phosphoric acid groups is 1. The molecule has 2 fully saturated rings. The minimum absolute atomic E-state index is 0.109. The second-order valence-electron chi connectivity index (χ2n) is 10.2. The van der Waals surface area contributed by atoms with Gasteiger partial charge in [0.2, 0.25) is 5.91 Å². The van der Waals surface area contributed by atoms with Crippen LogP contribution in [0.25, 0.3) is 11.2 Å². The van der Waals surface area contributed by atoms with E-state index in [0.29, 0.717) is 11.2 Å². The molecular weight excluding hydrogens is 624 g/mol. The second kappa shape index (κ2) is 13.4. The number of ether oxygens (including phenoxy) is 4. The molecule has 0 aromatic carbocycles. The molecule has 19 nitrogen and oxygen atoms in total. The van der Waals surface area contributed by atoms with Crippen molar-refractivity contribution in [2.75, 3.05) is 45.9 Å². The largest absolute Gasteiger partial charge is 0.756 e. The molecule has 5 rings (SSSR count). The van der Waals surface area contributed by atoms with Gasteiger partial charge in [0.05, 0.1) is 19.0 Å². The van der Waals surface area contributed by atoms with E-state index in [2.05, 4.69) is 29.8 Å². The van der Waals surface area contributed by atoms with E-state index in [-0.39, 0.29) is 24.7 Å². The van der Waals surface area contributed by atoms with Gasteiger partial charge < -0.3 is 49.7 Å². The first-order chi connectivity index (χ1) is 21.5. The number of carbonyl (C=O) groups is 1. The number of carbonyl (C=O) groups excluding carboxylic acids is 1. The monoisotopic (exact) mass is 656 g/mol. The highest BCUT2D eigenvalue weighted by Crippen LogP contribution is 2.45. The fourth-order valence-corrected chi connectivity index (χ4v) is 6.08. The molecular formula is C24H32FN9O10P-. The molecule has 3 aromatic heterocycles. The Morgan fingerprint density at radius 1 is 1.13 bits per heavy atom. The summed E-state index contributed by atoms with van der Waals surface area (Å²) >= 11 is 0. The molecule has 0 spiro atoms. The number of alkyl halides is 1. The van der Waals surface area contributed by atoms with Crippen molar-refractivity contribution >= 4 is 36.5 Å². The lowest BCUT2D eigenvalue weighted by Crippen LogP contribution is -2.42. The zero-order chi connectivity index (χ0) is 32.5. The number of aromatic nitrogens is 6. The molecule has 0 bridgehead atoms. The lowest BCUT2D eigenvalue weighted by molar-refractivity contribution is -0.229. The minimum atomic E-state index is -4.96. The molecule has 1 amide bonds. The molecule has 5 N–H and O–H groups in total. The van der Waals surface area contributed by atoms with Crippen LogP contribution in [0.1, 0.15) is 18.9 Å². The second-order valence-corrected chi connectivity index (χ2v) is 11.7. The van der Waals surface area contributed by atoms with Gasteiger partial charge in [-0.25, -0.2) is 24.1 Å². The van der Waals surface area contributed by atoms with Crippen molar-refractivity contribution in [3.8, 4) is 0 Å². The van der Waals surface area contributed by atoms with Crippen LogP contribution in [0.5, 0.6) is 0 Å². The normalized spacial score (nSPS) is 29.6. The number of halogens is 1. The number of methoxy groups -OCH3 is 2. The zero-order valence-corrected chi connectivity index (χ0v) is 25.2. The van der Waals surface area contributed by atoms with Crippen molar-refractivity contribution in [1.29, 1.82) is 0 Å². The van der Waals surface area contributed by atoms with Crippen LogP contribution in [0.2, 0.25) is 0 Å². The summed E-state index contributed by atoms with van der Waals surface area (Å²) in [6, 6.07) is 1.24. The van der Waals surface area contributed by atoms with Crippen LogP contribution in [-0.4, -0.2) is 100 Å². The van der Waals surface area contributed by atoms with Crippen molar-refractivity contribution in [1.82, 2.24) is 34.4 Å². The lowest BCUT2D eigenvalue weighted by atomic mass is 9.93. The van der Waals surface area contributed by atoms with Crippen LogP contribution >= 0.6 is 7.82 Å². The van der Waals surface area contributed by atoms with Crippen molar-refractivity contribution < 1.29 is 46.6 Å².